The second-order valence-electron chi connectivity index (χ2n) is 5.82. The molecule has 0 fully saturated rings. The summed E-state index contributed by atoms with van der Waals surface area (Å²) in [5.41, 5.74) is -0.882. The van der Waals surface area contributed by atoms with Crippen LogP contribution in [0.25, 0.3) is 11.0 Å². The van der Waals surface area contributed by atoms with E-state index in [0.29, 0.717) is 13.1 Å². The Labute approximate surface area is 138 Å². The number of hydrogen-bond donors (Lipinski definition) is 2. The van der Waals surface area contributed by atoms with E-state index in [-0.39, 0.29) is 22.4 Å². The van der Waals surface area contributed by atoms with Crippen LogP contribution in [0.4, 0.5) is 10.2 Å². The number of carbonyl (C=O) groups is 1. The summed E-state index contributed by atoms with van der Waals surface area (Å²) in [4.78, 5) is 34.1. The summed E-state index contributed by atoms with van der Waals surface area (Å²) in [6.07, 6.45) is 1.09. The van der Waals surface area contributed by atoms with Crippen LogP contribution in [-0.2, 0) is 0 Å². The van der Waals surface area contributed by atoms with Crippen LogP contribution in [0.1, 0.15) is 22.8 Å². The lowest BCUT2D eigenvalue weighted by atomic mass is 10.1. The number of aromatic amines is 1. The minimum absolute atomic E-state index is 0.0280. The van der Waals surface area contributed by atoms with Gasteiger partial charge in [0, 0.05) is 31.4 Å². The quantitative estimate of drug-likeness (QED) is 0.830. The van der Waals surface area contributed by atoms with Gasteiger partial charge in [-0.3, -0.25) is 4.79 Å². The fourth-order valence-corrected chi connectivity index (χ4v) is 2.49. The van der Waals surface area contributed by atoms with E-state index in [1.165, 1.54) is 6.92 Å². The first-order chi connectivity index (χ1) is 11.3. The highest BCUT2D eigenvalue weighted by Crippen LogP contribution is 2.24. The molecule has 2 rings (SSSR count). The van der Waals surface area contributed by atoms with Crippen molar-refractivity contribution in [2.24, 2.45) is 0 Å². The highest BCUT2D eigenvalue weighted by Gasteiger charge is 2.21. The first kappa shape index (κ1) is 17.9. The molecule has 2 aromatic heterocycles. The number of aromatic nitrogens is 2. The number of pyridine rings is 2. The van der Waals surface area contributed by atoms with Gasteiger partial charge in [-0.05, 0) is 27.9 Å². The van der Waals surface area contributed by atoms with Crippen molar-refractivity contribution in [3.8, 4) is 0 Å². The SMILES string of the molecule is CCN(CCN(C)C)c1nc2[nH]cc(C(=O)O)c(=O)c2c(C)c1F. The summed E-state index contributed by atoms with van der Waals surface area (Å²) in [5, 5.41) is 9.01. The van der Waals surface area contributed by atoms with E-state index < -0.39 is 22.8 Å². The summed E-state index contributed by atoms with van der Waals surface area (Å²) in [6.45, 7) is 5.21. The Morgan fingerprint density at radius 2 is 2.04 bits per heavy atom. The molecule has 0 spiro atoms. The van der Waals surface area contributed by atoms with E-state index in [1.807, 2.05) is 25.9 Å². The first-order valence-electron chi connectivity index (χ1n) is 7.62. The standard InChI is InChI=1S/C16H21FN4O3/c1-5-21(7-6-20(3)4)15-12(17)9(2)11-13(22)10(16(23)24)8-18-14(11)19-15/h8H,5-7H2,1-4H3,(H,23,24)(H,18,19,22). The molecule has 0 atom stereocenters. The van der Waals surface area contributed by atoms with E-state index in [2.05, 4.69) is 9.97 Å². The zero-order valence-corrected chi connectivity index (χ0v) is 14.2. The molecule has 2 heterocycles. The van der Waals surface area contributed by atoms with Crippen molar-refractivity contribution in [3.05, 3.63) is 33.4 Å². The van der Waals surface area contributed by atoms with Gasteiger partial charge in [-0.25, -0.2) is 14.2 Å². The predicted molar refractivity (Wildman–Crippen MR) is 90.5 cm³/mol. The maximum Gasteiger partial charge on any atom is 0.341 e. The normalized spacial score (nSPS) is 11.2. The Morgan fingerprint density at radius 3 is 2.58 bits per heavy atom. The van der Waals surface area contributed by atoms with Crippen molar-refractivity contribution in [1.82, 2.24) is 14.9 Å². The monoisotopic (exact) mass is 336 g/mol. The third-order valence-electron chi connectivity index (χ3n) is 3.91. The van der Waals surface area contributed by atoms with Gasteiger partial charge in [0.25, 0.3) is 0 Å². The molecule has 0 radical (unpaired) electrons. The lowest BCUT2D eigenvalue weighted by Crippen LogP contribution is -2.33. The van der Waals surface area contributed by atoms with Crippen molar-refractivity contribution in [3.63, 3.8) is 0 Å². The maximum atomic E-state index is 14.8. The molecule has 0 saturated heterocycles. The molecule has 7 nitrogen and oxygen atoms in total. The van der Waals surface area contributed by atoms with Crippen molar-refractivity contribution >= 4 is 22.8 Å². The zero-order chi connectivity index (χ0) is 18.0. The topological polar surface area (TPSA) is 89.5 Å². The summed E-state index contributed by atoms with van der Waals surface area (Å²) in [5.74, 6) is -1.80. The average Bonchev–Trinajstić information content (AvgIpc) is 2.51. The van der Waals surface area contributed by atoms with Gasteiger partial charge in [-0.15, -0.1) is 0 Å². The average molecular weight is 336 g/mol. The number of nitrogens with one attached hydrogen (secondary N) is 1. The highest BCUT2D eigenvalue weighted by atomic mass is 19.1. The van der Waals surface area contributed by atoms with Crippen LogP contribution in [0.5, 0.6) is 0 Å². The van der Waals surface area contributed by atoms with Gasteiger partial charge in [0.15, 0.2) is 11.6 Å². The zero-order valence-electron chi connectivity index (χ0n) is 14.2. The van der Waals surface area contributed by atoms with Crippen molar-refractivity contribution in [1.29, 1.82) is 0 Å². The molecule has 2 aromatic rings. The second kappa shape index (κ2) is 6.96. The van der Waals surface area contributed by atoms with E-state index in [0.717, 1.165) is 12.7 Å². The van der Waals surface area contributed by atoms with Crippen molar-refractivity contribution in [2.75, 3.05) is 38.6 Å². The van der Waals surface area contributed by atoms with Gasteiger partial charge in [-0.1, -0.05) is 0 Å². The number of H-pyrrole nitrogens is 1. The highest BCUT2D eigenvalue weighted by molar-refractivity contribution is 5.92. The minimum Gasteiger partial charge on any atom is -0.477 e. The van der Waals surface area contributed by atoms with Crippen molar-refractivity contribution in [2.45, 2.75) is 13.8 Å². The summed E-state index contributed by atoms with van der Waals surface area (Å²) >= 11 is 0. The summed E-state index contributed by atoms with van der Waals surface area (Å²) in [7, 11) is 3.85. The van der Waals surface area contributed by atoms with E-state index in [1.54, 1.807) is 4.90 Å². The largest absolute Gasteiger partial charge is 0.477 e. The molecule has 0 amide bonds. The fraction of sp³-hybridized carbons (Fsp3) is 0.438. The number of fused-ring (bicyclic) bond motifs is 1. The van der Waals surface area contributed by atoms with Crippen LogP contribution in [0.3, 0.4) is 0 Å². The number of aryl methyl sites for hydroxylation is 1. The van der Waals surface area contributed by atoms with Crippen LogP contribution in [0.2, 0.25) is 0 Å². The fourth-order valence-electron chi connectivity index (χ4n) is 2.49. The molecular formula is C16H21FN4O3. The molecule has 0 unspecified atom stereocenters. The van der Waals surface area contributed by atoms with Gasteiger partial charge in [0.1, 0.15) is 11.2 Å². The molecule has 0 bridgehead atoms. The van der Waals surface area contributed by atoms with Crippen LogP contribution in [-0.4, -0.2) is 59.7 Å². The molecule has 0 aromatic carbocycles. The number of halogens is 1. The Morgan fingerprint density at radius 1 is 1.38 bits per heavy atom. The Balaban J connectivity index is 2.63. The smallest absolute Gasteiger partial charge is 0.341 e. The lowest BCUT2D eigenvalue weighted by molar-refractivity contribution is 0.0695. The number of carboxylic acids is 1. The van der Waals surface area contributed by atoms with Crippen molar-refractivity contribution < 1.29 is 14.3 Å². The molecule has 130 valence electrons. The minimum atomic E-state index is -1.36. The molecule has 0 saturated carbocycles. The van der Waals surface area contributed by atoms with Crippen LogP contribution in [0, 0.1) is 12.7 Å². The number of rotatable bonds is 6. The molecule has 2 N–H and O–H groups in total. The molecule has 0 aliphatic heterocycles. The number of aromatic carboxylic acids is 1. The molecule has 0 aliphatic rings. The summed E-state index contributed by atoms with van der Waals surface area (Å²) < 4.78 is 14.8. The third-order valence-corrected chi connectivity index (χ3v) is 3.91. The van der Waals surface area contributed by atoms with E-state index in [4.69, 9.17) is 5.11 Å². The third kappa shape index (κ3) is 3.23. The Hall–Kier alpha value is -2.48. The number of hydrogen-bond acceptors (Lipinski definition) is 5. The van der Waals surface area contributed by atoms with Gasteiger partial charge in [-0.2, -0.15) is 0 Å². The van der Waals surface area contributed by atoms with Gasteiger partial charge in [0.05, 0.1) is 5.39 Å². The first-order valence-corrected chi connectivity index (χ1v) is 7.62. The van der Waals surface area contributed by atoms with Gasteiger partial charge in [0.2, 0.25) is 5.43 Å². The number of nitrogens with zero attached hydrogens (tertiary/aromatic N) is 3. The molecule has 24 heavy (non-hydrogen) atoms. The maximum absolute atomic E-state index is 14.8. The number of carboxylic acid groups (broad SMARTS) is 1. The Kier molecular flexibility index (Phi) is 5.18. The number of likely N-dealkylation sites (N-methyl/N-ethyl adjacent to an activating group) is 2. The van der Waals surface area contributed by atoms with Crippen LogP contribution < -0.4 is 10.3 Å². The van der Waals surface area contributed by atoms with Gasteiger partial charge < -0.3 is 19.9 Å². The Bertz CT molecular complexity index is 832. The van der Waals surface area contributed by atoms with Gasteiger partial charge >= 0.3 is 5.97 Å². The van der Waals surface area contributed by atoms with E-state index >= 15 is 0 Å². The lowest BCUT2D eigenvalue weighted by Gasteiger charge is -2.25. The van der Waals surface area contributed by atoms with Crippen LogP contribution >= 0.6 is 0 Å². The second-order valence-corrected chi connectivity index (χ2v) is 5.82. The molecule has 8 heteroatoms. The molecular weight excluding hydrogens is 315 g/mol. The molecule has 0 aliphatic carbocycles. The predicted octanol–water partition coefficient (Wildman–Crippen LogP) is 1.46. The van der Waals surface area contributed by atoms with Crippen LogP contribution in [0.15, 0.2) is 11.0 Å². The summed E-state index contributed by atoms with van der Waals surface area (Å²) in [6, 6.07) is 0. The van der Waals surface area contributed by atoms with E-state index in [9.17, 15) is 14.0 Å². The number of anilines is 1.